The standard InChI is InChI=1S/C12H16O5/c1-16-11(13)6-10(12(14)15)7-4-8-2-3-9(5-7)17-8/h2-3,7-10H,4-6H2,1H3,(H,14,15)/t7?,8-,9+,10?. The van der Waals surface area contributed by atoms with Crippen molar-refractivity contribution >= 4 is 11.9 Å². The number of aliphatic carboxylic acids is 1. The Bertz CT molecular complexity index is 335. The fraction of sp³-hybridized carbons (Fsp3) is 0.667. The van der Waals surface area contributed by atoms with E-state index in [9.17, 15) is 14.7 Å². The van der Waals surface area contributed by atoms with Crippen LogP contribution in [0.2, 0.25) is 0 Å². The van der Waals surface area contributed by atoms with Crippen molar-refractivity contribution in [1.29, 1.82) is 0 Å². The van der Waals surface area contributed by atoms with E-state index in [2.05, 4.69) is 4.74 Å². The molecular formula is C12H16O5. The third-order valence-electron chi connectivity index (χ3n) is 3.46. The molecule has 0 amide bonds. The van der Waals surface area contributed by atoms with Crippen LogP contribution < -0.4 is 0 Å². The van der Waals surface area contributed by atoms with Crippen LogP contribution in [-0.4, -0.2) is 36.4 Å². The van der Waals surface area contributed by atoms with Gasteiger partial charge in [0.2, 0.25) is 0 Å². The largest absolute Gasteiger partial charge is 0.481 e. The van der Waals surface area contributed by atoms with Crippen LogP contribution in [0, 0.1) is 11.8 Å². The van der Waals surface area contributed by atoms with E-state index >= 15 is 0 Å². The first kappa shape index (κ1) is 12.1. The lowest BCUT2D eigenvalue weighted by Crippen LogP contribution is -2.35. The van der Waals surface area contributed by atoms with Gasteiger partial charge >= 0.3 is 11.9 Å². The molecule has 1 N–H and O–H groups in total. The van der Waals surface area contributed by atoms with E-state index in [1.165, 1.54) is 7.11 Å². The second kappa shape index (κ2) is 4.87. The highest BCUT2D eigenvalue weighted by Crippen LogP contribution is 2.36. The summed E-state index contributed by atoms with van der Waals surface area (Å²) in [4.78, 5) is 22.4. The van der Waals surface area contributed by atoms with Gasteiger partial charge in [-0.3, -0.25) is 9.59 Å². The van der Waals surface area contributed by atoms with Crippen molar-refractivity contribution in [1.82, 2.24) is 0 Å². The molecule has 0 spiro atoms. The number of methoxy groups -OCH3 is 1. The van der Waals surface area contributed by atoms with Gasteiger partial charge in [-0.05, 0) is 18.8 Å². The minimum atomic E-state index is -0.929. The maximum Gasteiger partial charge on any atom is 0.307 e. The Morgan fingerprint density at radius 1 is 1.41 bits per heavy atom. The zero-order chi connectivity index (χ0) is 12.4. The molecule has 0 saturated carbocycles. The van der Waals surface area contributed by atoms with Gasteiger partial charge in [0.1, 0.15) is 0 Å². The van der Waals surface area contributed by atoms with Crippen molar-refractivity contribution in [3.05, 3.63) is 12.2 Å². The van der Waals surface area contributed by atoms with E-state index < -0.39 is 17.9 Å². The zero-order valence-electron chi connectivity index (χ0n) is 9.67. The molecule has 2 aliphatic heterocycles. The van der Waals surface area contributed by atoms with Crippen LogP contribution in [0.25, 0.3) is 0 Å². The third kappa shape index (κ3) is 2.66. The predicted molar refractivity (Wildman–Crippen MR) is 58.3 cm³/mol. The second-order valence-electron chi connectivity index (χ2n) is 4.55. The molecule has 0 radical (unpaired) electrons. The lowest BCUT2D eigenvalue weighted by molar-refractivity contribution is -0.154. The Morgan fingerprint density at radius 2 is 2.00 bits per heavy atom. The molecule has 94 valence electrons. The lowest BCUT2D eigenvalue weighted by atomic mass is 9.81. The fourth-order valence-corrected chi connectivity index (χ4v) is 2.57. The van der Waals surface area contributed by atoms with Gasteiger partial charge < -0.3 is 14.6 Å². The molecule has 1 fully saturated rings. The highest BCUT2D eigenvalue weighted by Gasteiger charge is 2.39. The first-order valence-electron chi connectivity index (χ1n) is 5.73. The number of carboxylic acids is 1. The Hall–Kier alpha value is -1.36. The first-order chi connectivity index (χ1) is 8.10. The summed E-state index contributed by atoms with van der Waals surface area (Å²) in [5, 5.41) is 9.19. The predicted octanol–water partition coefficient (Wildman–Crippen LogP) is 0.984. The van der Waals surface area contributed by atoms with Crippen molar-refractivity contribution in [3.8, 4) is 0 Å². The number of hydrogen-bond acceptors (Lipinski definition) is 4. The molecule has 17 heavy (non-hydrogen) atoms. The number of carbonyl (C=O) groups excluding carboxylic acids is 1. The van der Waals surface area contributed by atoms with E-state index in [-0.39, 0.29) is 24.5 Å². The van der Waals surface area contributed by atoms with E-state index in [0.29, 0.717) is 12.8 Å². The van der Waals surface area contributed by atoms with Crippen molar-refractivity contribution in [2.45, 2.75) is 31.5 Å². The van der Waals surface area contributed by atoms with Crippen LogP contribution in [0.4, 0.5) is 0 Å². The van der Waals surface area contributed by atoms with Crippen LogP contribution in [0.5, 0.6) is 0 Å². The average Bonchev–Trinajstić information content (AvgIpc) is 2.64. The van der Waals surface area contributed by atoms with E-state index in [1.54, 1.807) is 0 Å². The summed E-state index contributed by atoms with van der Waals surface area (Å²) in [6.45, 7) is 0. The van der Waals surface area contributed by atoms with Gasteiger partial charge in [-0.1, -0.05) is 12.2 Å². The summed E-state index contributed by atoms with van der Waals surface area (Å²) in [5.74, 6) is -2.09. The summed E-state index contributed by atoms with van der Waals surface area (Å²) >= 11 is 0. The minimum absolute atomic E-state index is 0.0123. The first-order valence-corrected chi connectivity index (χ1v) is 5.73. The number of hydrogen-bond donors (Lipinski definition) is 1. The highest BCUT2D eigenvalue weighted by atomic mass is 16.5. The maximum atomic E-state index is 11.2. The van der Waals surface area contributed by atoms with Gasteiger partial charge in [-0.2, -0.15) is 0 Å². The van der Waals surface area contributed by atoms with Crippen LogP contribution >= 0.6 is 0 Å². The van der Waals surface area contributed by atoms with Gasteiger partial charge in [0.25, 0.3) is 0 Å². The fourth-order valence-electron chi connectivity index (χ4n) is 2.57. The van der Waals surface area contributed by atoms with Gasteiger partial charge in [-0.25, -0.2) is 0 Å². The smallest absolute Gasteiger partial charge is 0.307 e. The molecule has 0 aromatic carbocycles. The van der Waals surface area contributed by atoms with Crippen molar-refractivity contribution < 1.29 is 24.2 Å². The monoisotopic (exact) mass is 240 g/mol. The number of fused-ring (bicyclic) bond motifs is 2. The molecule has 2 heterocycles. The Morgan fingerprint density at radius 3 is 2.47 bits per heavy atom. The van der Waals surface area contributed by atoms with Crippen LogP contribution in [0.1, 0.15) is 19.3 Å². The van der Waals surface area contributed by atoms with E-state index in [1.807, 2.05) is 12.2 Å². The van der Waals surface area contributed by atoms with Gasteiger partial charge in [0.15, 0.2) is 0 Å². The molecule has 2 bridgehead atoms. The molecular weight excluding hydrogens is 224 g/mol. The molecule has 0 aliphatic carbocycles. The van der Waals surface area contributed by atoms with Crippen molar-refractivity contribution in [2.75, 3.05) is 7.11 Å². The molecule has 4 atom stereocenters. The number of esters is 1. The van der Waals surface area contributed by atoms with Crippen molar-refractivity contribution in [2.24, 2.45) is 11.8 Å². The quantitative estimate of drug-likeness (QED) is 0.586. The van der Waals surface area contributed by atoms with Crippen LogP contribution in [0.3, 0.4) is 0 Å². The average molecular weight is 240 g/mol. The van der Waals surface area contributed by atoms with Gasteiger partial charge in [-0.15, -0.1) is 0 Å². The van der Waals surface area contributed by atoms with Crippen LogP contribution in [0.15, 0.2) is 12.2 Å². The Kier molecular flexibility index (Phi) is 3.47. The summed E-state index contributed by atoms with van der Waals surface area (Å²) in [6, 6.07) is 0. The van der Waals surface area contributed by atoms with Gasteiger partial charge in [0.05, 0.1) is 31.7 Å². The normalized spacial score (nSPS) is 32.2. The number of carboxylic acid groups (broad SMARTS) is 1. The summed E-state index contributed by atoms with van der Waals surface area (Å²) in [6.07, 6.45) is 5.25. The molecule has 2 rings (SSSR count). The van der Waals surface area contributed by atoms with Crippen molar-refractivity contribution in [3.63, 3.8) is 0 Å². The molecule has 2 unspecified atom stereocenters. The van der Waals surface area contributed by atoms with Gasteiger partial charge in [0, 0.05) is 0 Å². The van der Waals surface area contributed by atoms with E-state index in [0.717, 1.165) is 0 Å². The molecule has 0 aromatic heterocycles. The van der Waals surface area contributed by atoms with Crippen LogP contribution in [-0.2, 0) is 19.1 Å². The molecule has 5 nitrogen and oxygen atoms in total. The maximum absolute atomic E-state index is 11.2. The number of carbonyl (C=O) groups is 2. The Balaban J connectivity index is 2.01. The molecule has 5 heteroatoms. The highest BCUT2D eigenvalue weighted by molar-refractivity contribution is 5.79. The third-order valence-corrected chi connectivity index (χ3v) is 3.46. The molecule has 0 aromatic rings. The second-order valence-corrected chi connectivity index (χ2v) is 4.55. The summed E-state index contributed by atoms with van der Waals surface area (Å²) in [7, 11) is 1.27. The van der Waals surface area contributed by atoms with E-state index in [4.69, 9.17) is 4.74 Å². The Labute approximate surface area is 99.4 Å². The molecule has 1 saturated heterocycles. The number of ether oxygens (including phenoxy) is 2. The topological polar surface area (TPSA) is 72.8 Å². The lowest BCUT2D eigenvalue weighted by Gasteiger charge is -2.31. The minimum Gasteiger partial charge on any atom is -0.481 e. The number of rotatable bonds is 4. The SMILES string of the molecule is COC(=O)CC(C(=O)O)C1C[C@H]2C=C[C@@H](C1)O2. The summed E-state index contributed by atoms with van der Waals surface area (Å²) < 4.78 is 10.1. The summed E-state index contributed by atoms with van der Waals surface area (Å²) in [5.41, 5.74) is 0. The zero-order valence-corrected chi connectivity index (χ0v) is 9.67. The molecule has 2 aliphatic rings.